The molecule has 4 nitrogen and oxygen atoms in total. The Labute approximate surface area is 136 Å². The van der Waals surface area contributed by atoms with Crippen LogP contribution in [0.1, 0.15) is 22.3 Å². The monoisotopic (exact) mass is 317 g/mol. The Morgan fingerprint density at radius 2 is 2.14 bits per heavy atom. The molecule has 0 aliphatic carbocycles. The van der Waals surface area contributed by atoms with Crippen LogP contribution in [0.4, 0.5) is 0 Å². The molecule has 2 heterocycles. The van der Waals surface area contributed by atoms with Crippen molar-refractivity contribution in [1.82, 2.24) is 14.8 Å². The van der Waals surface area contributed by atoms with E-state index in [4.69, 9.17) is 4.74 Å². The highest BCUT2D eigenvalue weighted by atomic mass is 32.1. The minimum atomic E-state index is 0.365. The smallest absolute Gasteiger partial charge is 0.123 e. The van der Waals surface area contributed by atoms with E-state index in [1.807, 2.05) is 12.1 Å². The van der Waals surface area contributed by atoms with Crippen molar-refractivity contribution in [3.63, 3.8) is 0 Å². The highest BCUT2D eigenvalue weighted by Crippen LogP contribution is 2.31. The second-order valence-electron chi connectivity index (χ2n) is 5.83. The van der Waals surface area contributed by atoms with Crippen LogP contribution in [-0.2, 0) is 6.54 Å². The van der Waals surface area contributed by atoms with Gasteiger partial charge in [-0.3, -0.25) is 9.80 Å². The highest BCUT2D eigenvalue weighted by Gasteiger charge is 2.27. The summed E-state index contributed by atoms with van der Waals surface area (Å²) in [6.07, 6.45) is 0. The SMILES string of the molecule is COc1ccccc1[C@H]1CN(Cc2csc(C)n2)CCN1C. The van der Waals surface area contributed by atoms with Crippen molar-refractivity contribution >= 4 is 11.3 Å². The highest BCUT2D eigenvalue weighted by molar-refractivity contribution is 7.09. The second kappa shape index (κ2) is 6.77. The summed E-state index contributed by atoms with van der Waals surface area (Å²) < 4.78 is 5.55. The first kappa shape index (κ1) is 15.5. The first-order valence-electron chi connectivity index (χ1n) is 7.64. The molecule has 22 heavy (non-hydrogen) atoms. The molecule has 0 amide bonds. The summed E-state index contributed by atoms with van der Waals surface area (Å²) in [5, 5.41) is 3.32. The van der Waals surface area contributed by atoms with Crippen LogP contribution in [0.25, 0.3) is 0 Å². The molecule has 1 fully saturated rings. The van der Waals surface area contributed by atoms with Crippen molar-refractivity contribution in [2.75, 3.05) is 33.8 Å². The number of rotatable bonds is 4. The molecule has 1 aliphatic rings. The molecule has 0 radical (unpaired) electrons. The fourth-order valence-corrected chi connectivity index (χ4v) is 3.67. The van der Waals surface area contributed by atoms with Gasteiger partial charge in [0.25, 0.3) is 0 Å². The summed E-state index contributed by atoms with van der Waals surface area (Å²) in [6.45, 7) is 6.15. The van der Waals surface area contributed by atoms with Crippen molar-refractivity contribution in [1.29, 1.82) is 0 Å². The van der Waals surface area contributed by atoms with Gasteiger partial charge in [0.15, 0.2) is 0 Å². The maximum absolute atomic E-state index is 5.55. The van der Waals surface area contributed by atoms with E-state index in [0.717, 1.165) is 36.9 Å². The lowest BCUT2D eigenvalue weighted by atomic mass is 10.0. The molecule has 118 valence electrons. The summed E-state index contributed by atoms with van der Waals surface area (Å²) in [4.78, 5) is 9.50. The number of thiazole rings is 1. The lowest BCUT2D eigenvalue weighted by molar-refractivity contribution is 0.0882. The average Bonchev–Trinajstić information content (AvgIpc) is 2.94. The molecule has 3 rings (SSSR count). The Morgan fingerprint density at radius 3 is 2.86 bits per heavy atom. The van der Waals surface area contributed by atoms with Crippen molar-refractivity contribution in [3.05, 3.63) is 45.9 Å². The third-order valence-electron chi connectivity index (χ3n) is 4.28. The van der Waals surface area contributed by atoms with E-state index >= 15 is 0 Å². The Morgan fingerprint density at radius 1 is 1.32 bits per heavy atom. The van der Waals surface area contributed by atoms with Gasteiger partial charge in [-0.25, -0.2) is 4.98 Å². The fraction of sp³-hybridized carbons (Fsp3) is 0.471. The fourth-order valence-electron chi connectivity index (χ4n) is 3.06. The van der Waals surface area contributed by atoms with E-state index < -0.39 is 0 Å². The molecule has 1 atom stereocenters. The van der Waals surface area contributed by atoms with Gasteiger partial charge in [0, 0.05) is 37.1 Å². The van der Waals surface area contributed by atoms with Gasteiger partial charge in [0.1, 0.15) is 5.75 Å². The number of piperazine rings is 1. The van der Waals surface area contributed by atoms with E-state index in [1.54, 1.807) is 18.4 Å². The molecular weight excluding hydrogens is 294 g/mol. The van der Waals surface area contributed by atoms with Crippen LogP contribution in [0.2, 0.25) is 0 Å². The first-order valence-corrected chi connectivity index (χ1v) is 8.52. The molecule has 0 unspecified atom stereocenters. The maximum Gasteiger partial charge on any atom is 0.123 e. The first-order chi connectivity index (χ1) is 10.7. The number of ether oxygens (including phenoxy) is 1. The summed E-state index contributed by atoms with van der Waals surface area (Å²) in [7, 11) is 3.94. The van der Waals surface area contributed by atoms with Gasteiger partial charge < -0.3 is 4.74 Å². The van der Waals surface area contributed by atoms with Crippen molar-refractivity contribution in [2.45, 2.75) is 19.5 Å². The quantitative estimate of drug-likeness (QED) is 0.867. The zero-order valence-corrected chi connectivity index (χ0v) is 14.3. The number of aryl methyl sites for hydroxylation is 1. The van der Waals surface area contributed by atoms with Gasteiger partial charge >= 0.3 is 0 Å². The van der Waals surface area contributed by atoms with Gasteiger partial charge in [-0.2, -0.15) is 0 Å². The number of benzene rings is 1. The van der Waals surface area contributed by atoms with Crippen LogP contribution in [0.3, 0.4) is 0 Å². The number of hydrogen-bond acceptors (Lipinski definition) is 5. The number of methoxy groups -OCH3 is 1. The molecule has 1 aromatic heterocycles. The van der Waals surface area contributed by atoms with Crippen LogP contribution < -0.4 is 4.74 Å². The van der Waals surface area contributed by atoms with Gasteiger partial charge in [0.2, 0.25) is 0 Å². The molecule has 1 aromatic carbocycles. The summed E-state index contributed by atoms with van der Waals surface area (Å²) in [5.74, 6) is 0.978. The Hall–Kier alpha value is -1.43. The predicted molar refractivity (Wildman–Crippen MR) is 90.5 cm³/mol. The van der Waals surface area contributed by atoms with E-state index in [-0.39, 0.29) is 0 Å². The third-order valence-corrected chi connectivity index (χ3v) is 5.10. The van der Waals surface area contributed by atoms with E-state index in [9.17, 15) is 0 Å². The number of para-hydroxylation sites is 1. The minimum Gasteiger partial charge on any atom is -0.496 e. The van der Waals surface area contributed by atoms with Gasteiger partial charge in [-0.1, -0.05) is 18.2 Å². The minimum absolute atomic E-state index is 0.365. The lowest BCUT2D eigenvalue weighted by Crippen LogP contribution is -2.46. The van der Waals surface area contributed by atoms with Crippen molar-refractivity contribution in [3.8, 4) is 5.75 Å². The van der Waals surface area contributed by atoms with E-state index in [1.165, 1.54) is 11.3 Å². The van der Waals surface area contributed by atoms with E-state index in [2.05, 4.69) is 46.3 Å². The summed E-state index contributed by atoms with van der Waals surface area (Å²) in [6, 6.07) is 8.71. The van der Waals surface area contributed by atoms with Crippen molar-refractivity contribution in [2.24, 2.45) is 0 Å². The van der Waals surface area contributed by atoms with Crippen LogP contribution in [0.5, 0.6) is 5.75 Å². The molecule has 2 aromatic rings. The summed E-state index contributed by atoms with van der Waals surface area (Å²) in [5.41, 5.74) is 2.46. The van der Waals surface area contributed by atoms with Gasteiger partial charge in [-0.05, 0) is 20.0 Å². The molecule has 0 saturated carbocycles. The van der Waals surface area contributed by atoms with Crippen molar-refractivity contribution < 1.29 is 4.74 Å². The number of aromatic nitrogens is 1. The normalized spacial score (nSPS) is 20.2. The van der Waals surface area contributed by atoms with Crippen LogP contribution >= 0.6 is 11.3 Å². The summed E-state index contributed by atoms with van der Waals surface area (Å²) >= 11 is 1.73. The average molecular weight is 317 g/mol. The topological polar surface area (TPSA) is 28.6 Å². The third kappa shape index (κ3) is 3.32. The molecule has 1 aliphatic heterocycles. The maximum atomic E-state index is 5.55. The van der Waals surface area contributed by atoms with Crippen LogP contribution in [0, 0.1) is 6.92 Å². The molecule has 0 bridgehead atoms. The van der Waals surface area contributed by atoms with Gasteiger partial charge in [0.05, 0.1) is 23.9 Å². The molecule has 0 N–H and O–H groups in total. The second-order valence-corrected chi connectivity index (χ2v) is 6.89. The van der Waals surface area contributed by atoms with Crippen LogP contribution in [-0.4, -0.2) is 48.6 Å². The largest absolute Gasteiger partial charge is 0.496 e. The zero-order valence-electron chi connectivity index (χ0n) is 13.5. The number of nitrogens with zero attached hydrogens (tertiary/aromatic N) is 3. The van der Waals surface area contributed by atoms with Gasteiger partial charge in [-0.15, -0.1) is 11.3 Å². The molecular formula is C17H23N3OS. The Balaban J connectivity index is 1.76. The number of likely N-dealkylation sites (N-methyl/N-ethyl adjacent to an activating group) is 1. The Kier molecular flexibility index (Phi) is 4.76. The Bertz CT molecular complexity index is 628. The lowest BCUT2D eigenvalue weighted by Gasteiger charge is -2.39. The molecule has 5 heteroatoms. The molecule has 1 saturated heterocycles. The number of hydrogen-bond donors (Lipinski definition) is 0. The zero-order chi connectivity index (χ0) is 15.5. The molecule has 0 spiro atoms. The van der Waals surface area contributed by atoms with Crippen LogP contribution in [0.15, 0.2) is 29.6 Å². The standard InChI is InChI=1S/C17H23N3OS/c1-13-18-14(12-22-13)10-20-9-8-19(2)16(11-20)15-6-4-5-7-17(15)21-3/h4-7,12,16H,8-11H2,1-3H3/t16-/m1/s1. The predicted octanol–water partition coefficient (Wildman–Crippen LogP) is 2.95. The van der Waals surface area contributed by atoms with E-state index in [0.29, 0.717) is 6.04 Å².